The summed E-state index contributed by atoms with van der Waals surface area (Å²) >= 11 is 0. The molecule has 1 unspecified atom stereocenters. The molecule has 5 heteroatoms. The van der Waals surface area contributed by atoms with Gasteiger partial charge in [-0.1, -0.05) is 17.7 Å². The Labute approximate surface area is 120 Å². The maximum Gasteiger partial charge on any atom is 0.193 e. The number of aliphatic imine (C=N–C) groups is 1. The Bertz CT molecular complexity index is 425. The molecule has 20 heavy (non-hydrogen) atoms. The van der Waals surface area contributed by atoms with Crippen molar-refractivity contribution in [1.29, 1.82) is 0 Å². The molecule has 1 saturated heterocycles. The second-order valence-electron chi connectivity index (χ2n) is 4.97. The summed E-state index contributed by atoms with van der Waals surface area (Å²) in [6, 6.07) is 8.01. The molecule has 3 N–H and O–H groups in total. The lowest BCUT2D eigenvalue weighted by atomic mass is 10.2. The molecule has 1 aromatic rings. The van der Waals surface area contributed by atoms with Crippen LogP contribution in [0.4, 0.5) is 5.69 Å². The zero-order chi connectivity index (χ0) is 14.2. The van der Waals surface area contributed by atoms with Crippen LogP contribution >= 0.6 is 0 Å². The smallest absolute Gasteiger partial charge is 0.193 e. The Balaban J connectivity index is 1.62. The van der Waals surface area contributed by atoms with Gasteiger partial charge in [0.25, 0.3) is 0 Å². The summed E-state index contributed by atoms with van der Waals surface area (Å²) in [7, 11) is 0. The third-order valence-corrected chi connectivity index (χ3v) is 3.17. The standard InChI is InChI=1S/C15H23N3O2/c1-12-4-6-13(7-5-12)18-15(16)17-8-10-19-11-14-3-2-9-20-14/h4-7,14H,2-3,8-11H2,1H3,(H3,16,17,18). The minimum Gasteiger partial charge on any atom is -0.377 e. The van der Waals surface area contributed by atoms with E-state index >= 15 is 0 Å². The van der Waals surface area contributed by atoms with Crippen LogP contribution in [0.2, 0.25) is 0 Å². The van der Waals surface area contributed by atoms with E-state index in [1.807, 2.05) is 31.2 Å². The van der Waals surface area contributed by atoms with E-state index < -0.39 is 0 Å². The molecular formula is C15H23N3O2. The van der Waals surface area contributed by atoms with E-state index in [2.05, 4.69) is 10.3 Å². The predicted molar refractivity (Wildman–Crippen MR) is 81.1 cm³/mol. The van der Waals surface area contributed by atoms with Crippen LogP contribution in [0, 0.1) is 6.92 Å². The van der Waals surface area contributed by atoms with E-state index in [1.54, 1.807) is 0 Å². The first kappa shape index (κ1) is 14.8. The summed E-state index contributed by atoms with van der Waals surface area (Å²) in [6.07, 6.45) is 2.50. The number of anilines is 1. The highest BCUT2D eigenvalue weighted by atomic mass is 16.5. The van der Waals surface area contributed by atoms with Gasteiger partial charge in [-0.2, -0.15) is 0 Å². The van der Waals surface area contributed by atoms with E-state index in [9.17, 15) is 0 Å². The number of benzene rings is 1. The molecule has 1 aliphatic heterocycles. The zero-order valence-corrected chi connectivity index (χ0v) is 12.0. The van der Waals surface area contributed by atoms with Crippen LogP contribution in [0.3, 0.4) is 0 Å². The molecule has 2 rings (SSSR count). The average Bonchev–Trinajstić information content (AvgIpc) is 2.94. The van der Waals surface area contributed by atoms with Crippen molar-refractivity contribution in [3.63, 3.8) is 0 Å². The normalized spacial score (nSPS) is 19.2. The van der Waals surface area contributed by atoms with Gasteiger partial charge in [-0.25, -0.2) is 0 Å². The van der Waals surface area contributed by atoms with Crippen molar-refractivity contribution in [1.82, 2.24) is 0 Å². The first-order chi connectivity index (χ1) is 9.74. The Morgan fingerprint density at radius 1 is 1.45 bits per heavy atom. The average molecular weight is 277 g/mol. The van der Waals surface area contributed by atoms with E-state index in [-0.39, 0.29) is 6.10 Å². The Kier molecular flexibility index (Phi) is 5.83. The van der Waals surface area contributed by atoms with Gasteiger partial charge in [-0.05, 0) is 31.9 Å². The summed E-state index contributed by atoms with van der Waals surface area (Å²) in [5, 5.41) is 3.05. The summed E-state index contributed by atoms with van der Waals surface area (Å²) in [6.45, 7) is 4.68. The van der Waals surface area contributed by atoms with Crippen LogP contribution in [-0.4, -0.2) is 38.4 Å². The summed E-state index contributed by atoms with van der Waals surface area (Å²) in [5.41, 5.74) is 7.96. The van der Waals surface area contributed by atoms with Gasteiger partial charge in [0.05, 0.1) is 25.9 Å². The second-order valence-corrected chi connectivity index (χ2v) is 4.97. The molecule has 0 spiro atoms. The fourth-order valence-corrected chi connectivity index (χ4v) is 2.05. The van der Waals surface area contributed by atoms with Gasteiger partial charge in [-0.3, -0.25) is 4.99 Å². The van der Waals surface area contributed by atoms with Crippen molar-refractivity contribution >= 4 is 11.6 Å². The van der Waals surface area contributed by atoms with Gasteiger partial charge in [0.15, 0.2) is 5.96 Å². The van der Waals surface area contributed by atoms with Gasteiger partial charge in [0, 0.05) is 12.3 Å². The maximum absolute atomic E-state index is 5.81. The van der Waals surface area contributed by atoms with Gasteiger partial charge >= 0.3 is 0 Å². The van der Waals surface area contributed by atoms with Crippen LogP contribution in [0.5, 0.6) is 0 Å². The molecule has 0 saturated carbocycles. The molecule has 1 aromatic carbocycles. The summed E-state index contributed by atoms with van der Waals surface area (Å²) in [5.74, 6) is 0.412. The molecule has 0 amide bonds. The SMILES string of the molecule is Cc1ccc(NC(N)=NCCOCC2CCCO2)cc1. The van der Waals surface area contributed by atoms with Crippen LogP contribution in [0.15, 0.2) is 29.3 Å². The number of hydrogen-bond donors (Lipinski definition) is 2. The number of aryl methyl sites for hydroxylation is 1. The number of hydrogen-bond acceptors (Lipinski definition) is 3. The minimum absolute atomic E-state index is 0.266. The van der Waals surface area contributed by atoms with Gasteiger partial charge in [0.1, 0.15) is 0 Å². The predicted octanol–water partition coefficient (Wildman–Crippen LogP) is 1.92. The first-order valence-electron chi connectivity index (χ1n) is 7.07. The van der Waals surface area contributed by atoms with Crippen molar-refractivity contribution in [2.45, 2.75) is 25.9 Å². The molecule has 110 valence electrons. The molecule has 0 aliphatic carbocycles. The monoisotopic (exact) mass is 277 g/mol. The second kappa shape index (κ2) is 7.87. The minimum atomic E-state index is 0.266. The third-order valence-electron chi connectivity index (χ3n) is 3.17. The lowest BCUT2D eigenvalue weighted by molar-refractivity contribution is 0.0200. The largest absolute Gasteiger partial charge is 0.377 e. The van der Waals surface area contributed by atoms with Crippen LogP contribution in [0.1, 0.15) is 18.4 Å². The van der Waals surface area contributed by atoms with Gasteiger partial charge in [-0.15, -0.1) is 0 Å². The van der Waals surface area contributed by atoms with Crippen molar-refractivity contribution in [3.8, 4) is 0 Å². The summed E-state index contributed by atoms with van der Waals surface area (Å²) < 4.78 is 11.0. The zero-order valence-electron chi connectivity index (χ0n) is 12.0. The molecular weight excluding hydrogens is 254 g/mol. The number of rotatable bonds is 6. The lowest BCUT2D eigenvalue weighted by Gasteiger charge is -2.09. The van der Waals surface area contributed by atoms with E-state index in [4.69, 9.17) is 15.2 Å². The summed E-state index contributed by atoms with van der Waals surface area (Å²) in [4.78, 5) is 4.22. The molecule has 0 radical (unpaired) electrons. The molecule has 0 aromatic heterocycles. The fourth-order valence-electron chi connectivity index (χ4n) is 2.05. The number of ether oxygens (including phenoxy) is 2. The van der Waals surface area contributed by atoms with E-state index in [0.29, 0.717) is 25.7 Å². The Hall–Kier alpha value is -1.59. The highest BCUT2D eigenvalue weighted by molar-refractivity contribution is 5.92. The van der Waals surface area contributed by atoms with Crippen LogP contribution in [-0.2, 0) is 9.47 Å². The topological polar surface area (TPSA) is 68.9 Å². The van der Waals surface area contributed by atoms with Crippen molar-refractivity contribution < 1.29 is 9.47 Å². The third kappa shape index (κ3) is 5.19. The number of nitrogens with zero attached hydrogens (tertiary/aromatic N) is 1. The molecule has 1 atom stereocenters. The highest BCUT2D eigenvalue weighted by Gasteiger charge is 2.14. The molecule has 1 aliphatic rings. The Morgan fingerprint density at radius 3 is 2.95 bits per heavy atom. The van der Waals surface area contributed by atoms with Crippen LogP contribution < -0.4 is 11.1 Å². The first-order valence-corrected chi connectivity index (χ1v) is 7.07. The quantitative estimate of drug-likeness (QED) is 0.473. The molecule has 1 fully saturated rings. The van der Waals surface area contributed by atoms with Gasteiger partial charge < -0.3 is 20.5 Å². The van der Waals surface area contributed by atoms with Crippen molar-refractivity contribution in [2.24, 2.45) is 10.7 Å². The number of guanidine groups is 1. The molecule has 0 bridgehead atoms. The molecule has 1 heterocycles. The molecule has 5 nitrogen and oxygen atoms in total. The fraction of sp³-hybridized carbons (Fsp3) is 0.533. The van der Waals surface area contributed by atoms with Gasteiger partial charge in [0.2, 0.25) is 0 Å². The van der Waals surface area contributed by atoms with E-state index in [0.717, 1.165) is 25.1 Å². The van der Waals surface area contributed by atoms with Crippen molar-refractivity contribution in [3.05, 3.63) is 29.8 Å². The number of nitrogens with one attached hydrogen (secondary N) is 1. The maximum atomic E-state index is 5.81. The van der Waals surface area contributed by atoms with E-state index in [1.165, 1.54) is 5.56 Å². The number of nitrogens with two attached hydrogens (primary N) is 1. The Morgan fingerprint density at radius 2 is 2.25 bits per heavy atom. The lowest BCUT2D eigenvalue weighted by Crippen LogP contribution is -2.23. The van der Waals surface area contributed by atoms with Crippen molar-refractivity contribution in [2.75, 3.05) is 31.7 Å². The van der Waals surface area contributed by atoms with Crippen LogP contribution in [0.25, 0.3) is 0 Å². The highest BCUT2D eigenvalue weighted by Crippen LogP contribution is 2.11.